The van der Waals surface area contributed by atoms with Crippen molar-refractivity contribution in [3.05, 3.63) is 28.2 Å². The largest absolute Gasteiger partial charge is 0.508 e. The monoisotopic (exact) mass is 242 g/mol. The molecule has 16 heavy (non-hydrogen) atoms. The third-order valence-electron chi connectivity index (χ3n) is 3.45. The first kappa shape index (κ1) is 11.5. The van der Waals surface area contributed by atoms with Crippen LogP contribution in [0.4, 0.5) is 0 Å². The fourth-order valence-electron chi connectivity index (χ4n) is 2.79. The second kappa shape index (κ2) is 4.11. The first-order valence-corrected chi connectivity index (χ1v) is 5.38. The molecule has 0 saturated carbocycles. The Morgan fingerprint density at radius 2 is 2.19 bits per heavy atom. The van der Waals surface area contributed by atoms with Crippen LogP contribution in [0.2, 0.25) is 0 Å². The SMILES string of the molecule is Cl.O=c1cc(O)cc2n1CC1CNC[C@@H]2C1. The molecule has 2 aliphatic rings. The Morgan fingerprint density at radius 1 is 1.38 bits per heavy atom. The van der Waals surface area contributed by atoms with Crippen molar-refractivity contribution in [3.8, 4) is 5.75 Å². The minimum Gasteiger partial charge on any atom is -0.508 e. The van der Waals surface area contributed by atoms with Gasteiger partial charge in [-0.1, -0.05) is 0 Å². The summed E-state index contributed by atoms with van der Waals surface area (Å²) in [6.45, 7) is 2.71. The second-order valence-corrected chi connectivity index (χ2v) is 4.54. The maximum absolute atomic E-state index is 11.7. The van der Waals surface area contributed by atoms with E-state index in [0.717, 1.165) is 31.7 Å². The molecule has 1 aromatic heterocycles. The Balaban J connectivity index is 0.000000963. The summed E-state index contributed by atoms with van der Waals surface area (Å²) in [4.78, 5) is 11.7. The maximum Gasteiger partial charge on any atom is 0.254 e. The maximum atomic E-state index is 11.7. The van der Waals surface area contributed by atoms with Crippen molar-refractivity contribution in [3.63, 3.8) is 0 Å². The molecule has 88 valence electrons. The molecule has 2 N–H and O–H groups in total. The summed E-state index contributed by atoms with van der Waals surface area (Å²) in [5, 5.41) is 12.8. The standard InChI is InChI=1S/C11H14N2O2.ClH/c14-9-2-10-8-1-7(4-12-5-8)6-13(10)11(15)3-9;/h2-3,7-8,12,14H,1,4-6H2;1H/t7?,8-;/m0./s1. The zero-order valence-electron chi connectivity index (χ0n) is 8.85. The topological polar surface area (TPSA) is 54.3 Å². The van der Waals surface area contributed by atoms with E-state index in [1.807, 2.05) is 4.57 Å². The van der Waals surface area contributed by atoms with E-state index in [2.05, 4.69) is 5.32 Å². The van der Waals surface area contributed by atoms with Gasteiger partial charge in [0.2, 0.25) is 0 Å². The van der Waals surface area contributed by atoms with Crippen molar-refractivity contribution in [1.82, 2.24) is 9.88 Å². The quantitative estimate of drug-likeness (QED) is 0.704. The van der Waals surface area contributed by atoms with Crippen LogP contribution in [0, 0.1) is 5.92 Å². The van der Waals surface area contributed by atoms with Gasteiger partial charge in [0, 0.05) is 30.8 Å². The Morgan fingerprint density at radius 3 is 3.00 bits per heavy atom. The number of pyridine rings is 1. The van der Waals surface area contributed by atoms with E-state index in [-0.39, 0.29) is 23.7 Å². The average Bonchev–Trinajstić information content (AvgIpc) is 2.21. The van der Waals surface area contributed by atoms with Gasteiger partial charge in [-0.15, -0.1) is 12.4 Å². The molecule has 0 radical (unpaired) electrons. The number of piperidine rings is 1. The summed E-state index contributed by atoms with van der Waals surface area (Å²) < 4.78 is 1.82. The predicted molar refractivity (Wildman–Crippen MR) is 63.3 cm³/mol. The molecule has 0 amide bonds. The number of fused-ring (bicyclic) bond motifs is 4. The van der Waals surface area contributed by atoms with Crippen LogP contribution < -0.4 is 10.9 Å². The van der Waals surface area contributed by atoms with Gasteiger partial charge >= 0.3 is 0 Å². The summed E-state index contributed by atoms with van der Waals surface area (Å²) in [5.41, 5.74) is 0.921. The lowest BCUT2D eigenvalue weighted by atomic mass is 9.84. The molecule has 1 aromatic rings. The number of aromatic nitrogens is 1. The average molecular weight is 243 g/mol. The van der Waals surface area contributed by atoms with Crippen molar-refractivity contribution in [2.24, 2.45) is 5.92 Å². The molecule has 2 atom stereocenters. The molecule has 1 saturated heterocycles. The van der Waals surface area contributed by atoms with Gasteiger partial charge in [-0.05, 0) is 24.9 Å². The van der Waals surface area contributed by atoms with Crippen LogP contribution in [0.25, 0.3) is 0 Å². The lowest BCUT2D eigenvalue weighted by Crippen LogP contribution is -2.44. The van der Waals surface area contributed by atoms with Crippen molar-refractivity contribution < 1.29 is 5.11 Å². The van der Waals surface area contributed by atoms with Crippen molar-refractivity contribution >= 4 is 12.4 Å². The fraction of sp³-hybridized carbons (Fsp3) is 0.545. The normalized spacial score (nSPS) is 26.8. The van der Waals surface area contributed by atoms with E-state index >= 15 is 0 Å². The molecule has 0 aromatic carbocycles. The number of hydrogen-bond donors (Lipinski definition) is 2. The minimum absolute atomic E-state index is 0. The highest BCUT2D eigenvalue weighted by molar-refractivity contribution is 5.85. The molecule has 4 nitrogen and oxygen atoms in total. The molecule has 3 rings (SSSR count). The van der Waals surface area contributed by atoms with E-state index in [9.17, 15) is 9.90 Å². The van der Waals surface area contributed by atoms with Crippen LogP contribution in [-0.4, -0.2) is 22.8 Å². The first-order valence-electron chi connectivity index (χ1n) is 5.38. The Labute approximate surface area is 99.7 Å². The summed E-state index contributed by atoms with van der Waals surface area (Å²) in [5.74, 6) is 1.05. The summed E-state index contributed by atoms with van der Waals surface area (Å²) >= 11 is 0. The highest BCUT2D eigenvalue weighted by Crippen LogP contribution is 2.32. The molecule has 1 fully saturated rings. The van der Waals surface area contributed by atoms with Crippen LogP contribution in [0.15, 0.2) is 16.9 Å². The highest BCUT2D eigenvalue weighted by atomic mass is 35.5. The van der Waals surface area contributed by atoms with E-state index in [4.69, 9.17) is 0 Å². The molecule has 3 heterocycles. The van der Waals surface area contributed by atoms with Crippen LogP contribution >= 0.6 is 12.4 Å². The molecular formula is C11H15ClN2O2. The van der Waals surface area contributed by atoms with E-state index in [0.29, 0.717) is 11.8 Å². The zero-order valence-corrected chi connectivity index (χ0v) is 9.67. The second-order valence-electron chi connectivity index (χ2n) is 4.54. The number of nitrogens with zero attached hydrogens (tertiary/aromatic N) is 1. The van der Waals surface area contributed by atoms with Gasteiger partial charge in [-0.3, -0.25) is 4.79 Å². The molecule has 0 aliphatic carbocycles. The first-order chi connectivity index (χ1) is 7.24. The van der Waals surface area contributed by atoms with Crippen LogP contribution in [0.5, 0.6) is 5.75 Å². The number of rotatable bonds is 0. The summed E-state index contributed by atoms with van der Waals surface area (Å²) in [7, 11) is 0. The summed E-state index contributed by atoms with van der Waals surface area (Å²) in [6, 6.07) is 3.03. The number of hydrogen-bond acceptors (Lipinski definition) is 3. The minimum atomic E-state index is -0.0680. The molecule has 2 bridgehead atoms. The van der Waals surface area contributed by atoms with Gasteiger partial charge < -0.3 is 15.0 Å². The Bertz CT molecular complexity index is 458. The molecule has 0 spiro atoms. The zero-order chi connectivity index (χ0) is 10.4. The Kier molecular flexibility index (Phi) is 2.95. The van der Waals surface area contributed by atoms with Crippen molar-refractivity contribution in [2.75, 3.05) is 13.1 Å². The molecule has 2 aliphatic heterocycles. The number of aromatic hydroxyl groups is 1. The van der Waals surface area contributed by atoms with Gasteiger partial charge in [0.1, 0.15) is 5.75 Å². The predicted octanol–water partition coefficient (Wildman–Crippen LogP) is 0.682. The van der Waals surface area contributed by atoms with Crippen molar-refractivity contribution in [1.29, 1.82) is 0 Å². The highest BCUT2D eigenvalue weighted by Gasteiger charge is 2.30. The van der Waals surface area contributed by atoms with Gasteiger partial charge in [-0.2, -0.15) is 0 Å². The molecule has 5 heteroatoms. The van der Waals surface area contributed by atoms with E-state index < -0.39 is 0 Å². The van der Waals surface area contributed by atoms with Gasteiger partial charge in [0.15, 0.2) is 0 Å². The van der Waals surface area contributed by atoms with E-state index in [1.165, 1.54) is 6.07 Å². The smallest absolute Gasteiger partial charge is 0.254 e. The molecule has 1 unspecified atom stereocenters. The van der Waals surface area contributed by atoms with Gasteiger partial charge in [0.25, 0.3) is 5.56 Å². The van der Waals surface area contributed by atoms with Gasteiger partial charge in [0.05, 0.1) is 0 Å². The summed E-state index contributed by atoms with van der Waals surface area (Å²) in [6.07, 6.45) is 1.13. The van der Waals surface area contributed by atoms with Crippen LogP contribution in [-0.2, 0) is 6.54 Å². The van der Waals surface area contributed by atoms with Crippen LogP contribution in [0.1, 0.15) is 18.0 Å². The molecular weight excluding hydrogens is 228 g/mol. The fourth-order valence-corrected chi connectivity index (χ4v) is 2.79. The van der Waals surface area contributed by atoms with Crippen LogP contribution in [0.3, 0.4) is 0 Å². The van der Waals surface area contributed by atoms with Gasteiger partial charge in [-0.25, -0.2) is 0 Å². The third-order valence-corrected chi connectivity index (χ3v) is 3.45. The van der Waals surface area contributed by atoms with Crippen molar-refractivity contribution in [2.45, 2.75) is 18.9 Å². The van der Waals surface area contributed by atoms with E-state index in [1.54, 1.807) is 6.07 Å². The number of nitrogens with one attached hydrogen (secondary N) is 1. The third kappa shape index (κ3) is 1.72. The number of halogens is 1. The lowest BCUT2D eigenvalue weighted by Gasteiger charge is -2.37. The Hall–Kier alpha value is -1.00. The lowest BCUT2D eigenvalue weighted by molar-refractivity contribution is 0.256.